The van der Waals surface area contributed by atoms with Crippen molar-refractivity contribution in [2.75, 3.05) is 26.2 Å². The summed E-state index contributed by atoms with van der Waals surface area (Å²) in [4.78, 5) is 46.7. The zero-order valence-corrected chi connectivity index (χ0v) is 19.8. The Morgan fingerprint density at radius 1 is 1.11 bits per heavy atom. The van der Waals surface area contributed by atoms with E-state index in [1.165, 1.54) is 11.0 Å². The fraction of sp³-hybridized carbons (Fsp3) is 0.462. The van der Waals surface area contributed by atoms with Gasteiger partial charge in [-0.3, -0.25) is 19.5 Å². The first-order chi connectivity index (χ1) is 17.4. The Kier molecular flexibility index (Phi) is 6.70. The Balaban J connectivity index is 1.34. The summed E-state index contributed by atoms with van der Waals surface area (Å²) >= 11 is 0. The Hall–Kier alpha value is -3.40. The molecule has 0 aliphatic carbocycles. The Morgan fingerprint density at radius 3 is 2.50 bits per heavy atom. The maximum atomic E-state index is 14.0. The Bertz CT molecular complexity index is 1130. The lowest BCUT2D eigenvalue weighted by Gasteiger charge is -2.41. The first-order valence-electron chi connectivity index (χ1n) is 12.3. The molecule has 1 aromatic heterocycles. The number of nitrogens with one attached hydrogen (secondary N) is 1. The van der Waals surface area contributed by atoms with Crippen LogP contribution in [0.5, 0.6) is 0 Å². The molecule has 0 spiro atoms. The Labute approximate surface area is 207 Å². The molecule has 2 atom stereocenters. The summed E-state index contributed by atoms with van der Waals surface area (Å²) in [6.07, 6.45) is 5.19. The smallest absolute Gasteiger partial charge is 0.325 e. The van der Waals surface area contributed by atoms with E-state index >= 15 is 0 Å². The van der Waals surface area contributed by atoms with E-state index < -0.39 is 23.2 Å². The van der Waals surface area contributed by atoms with E-state index in [0.717, 1.165) is 25.0 Å². The number of ether oxygens (including phenoxy) is 1. The van der Waals surface area contributed by atoms with Gasteiger partial charge in [0.2, 0.25) is 5.91 Å². The third-order valence-electron chi connectivity index (χ3n) is 7.51. The minimum atomic E-state index is -1.29. The molecule has 0 bridgehead atoms. The lowest BCUT2D eigenvalue weighted by Crippen LogP contribution is -2.54. The van der Waals surface area contributed by atoms with Gasteiger partial charge in [0.25, 0.3) is 5.91 Å². The molecular weight excluding hydrogens is 470 g/mol. The number of imide groups is 1. The van der Waals surface area contributed by atoms with Crippen LogP contribution in [0, 0.1) is 17.6 Å². The maximum absolute atomic E-state index is 14.0. The number of amides is 4. The third kappa shape index (κ3) is 4.34. The summed E-state index contributed by atoms with van der Waals surface area (Å²) in [5, 5.41) is 2.97. The molecule has 1 N–H and O–H groups in total. The normalized spacial score (nSPS) is 24.9. The minimum Gasteiger partial charge on any atom is -0.376 e. The zero-order chi connectivity index (χ0) is 25.3. The van der Waals surface area contributed by atoms with Gasteiger partial charge in [0.1, 0.15) is 11.6 Å². The summed E-state index contributed by atoms with van der Waals surface area (Å²) in [6.45, 7) is 1.41. The van der Waals surface area contributed by atoms with Crippen LogP contribution in [0.3, 0.4) is 0 Å². The van der Waals surface area contributed by atoms with Gasteiger partial charge < -0.3 is 15.0 Å². The van der Waals surface area contributed by atoms with Crippen LogP contribution >= 0.6 is 0 Å². The van der Waals surface area contributed by atoms with Crippen molar-refractivity contribution in [3.63, 3.8) is 0 Å². The monoisotopic (exact) mass is 498 g/mol. The number of carbonyl (C=O) groups excluding carboxylic acids is 3. The molecule has 0 saturated carbocycles. The van der Waals surface area contributed by atoms with Gasteiger partial charge in [-0.15, -0.1) is 0 Å². The van der Waals surface area contributed by atoms with Crippen molar-refractivity contribution in [2.45, 2.75) is 43.7 Å². The molecule has 3 fully saturated rings. The van der Waals surface area contributed by atoms with Crippen molar-refractivity contribution < 1.29 is 27.9 Å². The van der Waals surface area contributed by atoms with Gasteiger partial charge in [-0.05, 0) is 49.8 Å². The number of nitrogens with zero attached hydrogens (tertiary/aromatic N) is 3. The van der Waals surface area contributed by atoms with E-state index in [4.69, 9.17) is 4.74 Å². The number of likely N-dealkylation sites (tertiary alicyclic amines) is 1. The van der Waals surface area contributed by atoms with Crippen LogP contribution in [0.15, 0.2) is 42.7 Å². The topological polar surface area (TPSA) is 91.8 Å². The average Bonchev–Trinajstić information content (AvgIpc) is 3.50. The predicted octanol–water partition coefficient (Wildman–Crippen LogP) is 2.77. The SMILES string of the molecule is O=C(Cc1c(F)cccc1F)N1CCC(C2(c3cccnc3)NC(=O)N(CC3CCCO3)C2=O)CC1. The third-order valence-corrected chi connectivity index (χ3v) is 7.51. The number of halogens is 2. The molecule has 36 heavy (non-hydrogen) atoms. The van der Waals surface area contributed by atoms with E-state index in [1.807, 2.05) is 0 Å². The molecule has 3 aliphatic rings. The van der Waals surface area contributed by atoms with Crippen LogP contribution in [-0.4, -0.2) is 65.0 Å². The number of piperidine rings is 1. The second-order valence-electron chi connectivity index (χ2n) is 9.56. The first kappa shape index (κ1) is 24.3. The van der Waals surface area contributed by atoms with Gasteiger partial charge >= 0.3 is 6.03 Å². The van der Waals surface area contributed by atoms with Crippen molar-refractivity contribution in [1.29, 1.82) is 0 Å². The number of carbonyl (C=O) groups is 3. The minimum absolute atomic E-state index is 0.178. The highest BCUT2D eigenvalue weighted by molar-refractivity contribution is 6.07. The number of urea groups is 1. The molecule has 5 rings (SSSR count). The van der Waals surface area contributed by atoms with Crippen LogP contribution in [0.1, 0.15) is 36.8 Å². The van der Waals surface area contributed by atoms with Gasteiger partial charge in [0.05, 0.1) is 19.1 Å². The maximum Gasteiger partial charge on any atom is 0.325 e. The Morgan fingerprint density at radius 2 is 1.86 bits per heavy atom. The average molecular weight is 499 g/mol. The number of aromatic nitrogens is 1. The molecule has 8 nitrogen and oxygen atoms in total. The second kappa shape index (κ2) is 9.93. The second-order valence-corrected chi connectivity index (χ2v) is 9.56. The molecule has 10 heteroatoms. The van der Waals surface area contributed by atoms with Gasteiger partial charge in [0.15, 0.2) is 5.54 Å². The molecule has 2 aromatic rings. The van der Waals surface area contributed by atoms with Gasteiger partial charge in [-0.25, -0.2) is 13.6 Å². The van der Waals surface area contributed by atoms with E-state index in [1.54, 1.807) is 29.4 Å². The summed E-state index contributed by atoms with van der Waals surface area (Å²) in [5.74, 6) is -2.51. The van der Waals surface area contributed by atoms with Gasteiger partial charge in [-0.1, -0.05) is 12.1 Å². The van der Waals surface area contributed by atoms with Crippen molar-refractivity contribution in [1.82, 2.24) is 20.1 Å². The molecule has 2 unspecified atom stereocenters. The summed E-state index contributed by atoms with van der Waals surface area (Å²) in [6, 6.07) is 6.56. The van der Waals surface area contributed by atoms with Crippen LogP contribution in [0.25, 0.3) is 0 Å². The van der Waals surface area contributed by atoms with Crippen molar-refractivity contribution in [3.8, 4) is 0 Å². The van der Waals surface area contributed by atoms with E-state index in [0.29, 0.717) is 38.1 Å². The largest absolute Gasteiger partial charge is 0.376 e. The molecular formula is C26H28F2N4O4. The highest BCUT2D eigenvalue weighted by atomic mass is 19.1. The summed E-state index contributed by atoms with van der Waals surface area (Å²) in [7, 11) is 0. The van der Waals surface area contributed by atoms with E-state index in [2.05, 4.69) is 10.3 Å². The number of benzene rings is 1. The molecule has 190 valence electrons. The van der Waals surface area contributed by atoms with Crippen molar-refractivity contribution >= 4 is 17.8 Å². The highest BCUT2D eigenvalue weighted by Crippen LogP contribution is 2.41. The molecule has 1 aromatic carbocycles. The predicted molar refractivity (Wildman–Crippen MR) is 124 cm³/mol. The molecule has 0 radical (unpaired) electrons. The molecule has 4 heterocycles. The first-order valence-corrected chi connectivity index (χ1v) is 12.3. The lowest BCUT2D eigenvalue weighted by atomic mass is 9.73. The molecule has 3 saturated heterocycles. The lowest BCUT2D eigenvalue weighted by molar-refractivity contribution is -0.137. The fourth-order valence-corrected chi connectivity index (χ4v) is 5.58. The van der Waals surface area contributed by atoms with Crippen molar-refractivity contribution in [2.24, 2.45) is 5.92 Å². The number of hydrogen-bond acceptors (Lipinski definition) is 5. The standard InChI is InChI=1S/C26H28F2N4O4/c27-21-6-1-7-22(28)20(21)14-23(33)31-11-8-17(9-12-31)26(18-4-2-10-29-15-18)24(34)32(25(35)30-26)16-19-5-3-13-36-19/h1-2,4,6-7,10,15,17,19H,3,5,8-9,11-14,16H2,(H,30,35). The van der Waals surface area contributed by atoms with Crippen LogP contribution in [0.2, 0.25) is 0 Å². The van der Waals surface area contributed by atoms with Crippen molar-refractivity contribution in [3.05, 3.63) is 65.5 Å². The molecule has 4 amide bonds. The summed E-state index contributed by atoms with van der Waals surface area (Å²) in [5.41, 5.74) is -0.952. The number of rotatable bonds is 6. The van der Waals surface area contributed by atoms with Gasteiger partial charge in [0, 0.05) is 43.2 Å². The highest BCUT2D eigenvalue weighted by Gasteiger charge is 2.57. The number of pyridine rings is 1. The van der Waals surface area contributed by atoms with Crippen LogP contribution < -0.4 is 5.32 Å². The number of hydrogen-bond donors (Lipinski definition) is 1. The van der Waals surface area contributed by atoms with E-state index in [-0.39, 0.29) is 42.4 Å². The zero-order valence-electron chi connectivity index (χ0n) is 19.8. The quantitative estimate of drug-likeness (QED) is 0.619. The van der Waals surface area contributed by atoms with Crippen LogP contribution in [0.4, 0.5) is 13.6 Å². The summed E-state index contributed by atoms with van der Waals surface area (Å²) < 4.78 is 33.7. The fourth-order valence-electron chi connectivity index (χ4n) is 5.58. The van der Waals surface area contributed by atoms with E-state index in [9.17, 15) is 23.2 Å². The van der Waals surface area contributed by atoms with Crippen LogP contribution in [-0.2, 0) is 26.3 Å². The van der Waals surface area contributed by atoms with Gasteiger partial charge in [-0.2, -0.15) is 0 Å². The molecule has 3 aliphatic heterocycles.